The number of carbonyl (C=O) groups excluding carboxylic acids is 2. The maximum absolute atomic E-state index is 12.0. The number of esters is 1. The molecule has 1 amide bonds. The van der Waals surface area contributed by atoms with Gasteiger partial charge in [0.05, 0.1) is 18.5 Å². The van der Waals surface area contributed by atoms with Gasteiger partial charge in [-0.1, -0.05) is 0 Å². The Morgan fingerprint density at radius 3 is 2.96 bits per heavy atom. The predicted octanol–water partition coefficient (Wildman–Crippen LogP) is 1.51. The zero-order valence-corrected chi connectivity index (χ0v) is 14.1. The van der Waals surface area contributed by atoms with Crippen molar-refractivity contribution in [3.05, 3.63) is 12.4 Å². The van der Waals surface area contributed by atoms with Crippen molar-refractivity contribution < 1.29 is 14.3 Å². The minimum absolute atomic E-state index is 0.0228. The summed E-state index contributed by atoms with van der Waals surface area (Å²) >= 11 is 0. The molecular formula is C16H26N4O3. The van der Waals surface area contributed by atoms with Gasteiger partial charge in [-0.25, -0.2) is 4.79 Å². The molecule has 1 aromatic rings. The molecule has 0 saturated carbocycles. The lowest BCUT2D eigenvalue weighted by atomic mass is 10.0. The van der Waals surface area contributed by atoms with Crippen LogP contribution in [-0.4, -0.2) is 41.4 Å². The number of carbonyl (C=O) groups is 2. The fourth-order valence-electron chi connectivity index (χ4n) is 2.61. The van der Waals surface area contributed by atoms with Crippen molar-refractivity contribution in [3.8, 4) is 0 Å². The Balaban J connectivity index is 1.88. The fourth-order valence-corrected chi connectivity index (χ4v) is 2.61. The molecule has 1 atom stereocenters. The minimum atomic E-state index is -0.908. The first-order valence-corrected chi connectivity index (χ1v) is 8.16. The van der Waals surface area contributed by atoms with Crippen LogP contribution in [0.1, 0.15) is 40.0 Å². The lowest BCUT2D eigenvalue weighted by molar-refractivity contribution is -0.152. The van der Waals surface area contributed by atoms with E-state index in [1.807, 2.05) is 0 Å². The van der Waals surface area contributed by atoms with Crippen molar-refractivity contribution in [2.24, 2.45) is 5.92 Å². The lowest BCUT2D eigenvalue weighted by Crippen LogP contribution is -2.37. The van der Waals surface area contributed by atoms with Crippen LogP contribution in [0.15, 0.2) is 12.4 Å². The van der Waals surface area contributed by atoms with Crippen LogP contribution in [0, 0.1) is 5.92 Å². The van der Waals surface area contributed by atoms with E-state index in [1.165, 1.54) is 4.68 Å². The Morgan fingerprint density at radius 2 is 2.30 bits per heavy atom. The molecule has 128 valence electrons. The maximum atomic E-state index is 12.0. The number of nitrogens with zero attached hydrogens (tertiary/aromatic N) is 2. The zero-order valence-electron chi connectivity index (χ0n) is 14.1. The second kappa shape index (κ2) is 7.59. The van der Waals surface area contributed by atoms with Crippen molar-refractivity contribution in [1.29, 1.82) is 0 Å². The zero-order chi connectivity index (χ0) is 16.9. The van der Waals surface area contributed by atoms with Gasteiger partial charge in [0, 0.05) is 12.6 Å². The maximum Gasteiger partial charge on any atom is 0.333 e. The first-order chi connectivity index (χ1) is 10.9. The highest BCUT2D eigenvalue weighted by atomic mass is 16.5. The number of hydrogen-bond acceptors (Lipinski definition) is 5. The second-order valence-corrected chi connectivity index (χ2v) is 6.40. The standard InChI is InChI=1S/C16H26N4O3/c1-4-23-15(22)16(2,3)20-11-13(10-18-20)19-14(21)6-5-12-7-8-17-9-12/h10-12,17H,4-9H2,1-3H3,(H,19,21). The molecule has 23 heavy (non-hydrogen) atoms. The van der Waals surface area contributed by atoms with E-state index in [0.717, 1.165) is 25.9 Å². The summed E-state index contributed by atoms with van der Waals surface area (Å²) in [5.41, 5.74) is -0.314. The van der Waals surface area contributed by atoms with Gasteiger partial charge in [0.25, 0.3) is 0 Å². The molecule has 0 radical (unpaired) electrons. The number of hydrogen-bond donors (Lipinski definition) is 2. The SMILES string of the molecule is CCOC(=O)C(C)(C)n1cc(NC(=O)CCC2CCNC2)cn1. The van der Waals surface area contributed by atoms with Crippen LogP contribution in [0.4, 0.5) is 5.69 Å². The van der Waals surface area contributed by atoms with Crippen LogP contribution < -0.4 is 10.6 Å². The molecule has 7 heteroatoms. The molecule has 0 aromatic carbocycles. The van der Waals surface area contributed by atoms with E-state index in [-0.39, 0.29) is 11.9 Å². The van der Waals surface area contributed by atoms with Gasteiger partial charge in [-0.2, -0.15) is 5.10 Å². The molecule has 0 bridgehead atoms. The van der Waals surface area contributed by atoms with Crippen LogP contribution in [0.2, 0.25) is 0 Å². The smallest absolute Gasteiger partial charge is 0.333 e. The van der Waals surface area contributed by atoms with Gasteiger partial charge in [0.15, 0.2) is 5.54 Å². The molecule has 2 heterocycles. The van der Waals surface area contributed by atoms with Crippen molar-refractivity contribution in [3.63, 3.8) is 0 Å². The molecule has 1 aliphatic rings. The Morgan fingerprint density at radius 1 is 1.52 bits per heavy atom. The Hall–Kier alpha value is -1.89. The van der Waals surface area contributed by atoms with E-state index in [9.17, 15) is 9.59 Å². The quantitative estimate of drug-likeness (QED) is 0.743. The number of amides is 1. The van der Waals surface area contributed by atoms with Gasteiger partial charge in [-0.15, -0.1) is 0 Å². The Bertz CT molecular complexity index is 547. The van der Waals surface area contributed by atoms with E-state index in [0.29, 0.717) is 24.6 Å². The van der Waals surface area contributed by atoms with Crippen molar-refractivity contribution in [1.82, 2.24) is 15.1 Å². The molecule has 2 N–H and O–H groups in total. The number of aromatic nitrogens is 2. The molecule has 7 nitrogen and oxygen atoms in total. The summed E-state index contributed by atoms with van der Waals surface area (Å²) < 4.78 is 6.57. The van der Waals surface area contributed by atoms with Crippen molar-refractivity contribution in [2.75, 3.05) is 25.0 Å². The molecule has 0 spiro atoms. The highest BCUT2D eigenvalue weighted by Crippen LogP contribution is 2.20. The number of nitrogens with one attached hydrogen (secondary N) is 2. The minimum Gasteiger partial charge on any atom is -0.464 e. The summed E-state index contributed by atoms with van der Waals surface area (Å²) in [5.74, 6) is 0.214. The third kappa shape index (κ3) is 4.54. The Labute approximate surface area is 136 Å². The largest absolute Gasteiger partial charge is 0.464 e. The first-order valence-electron chi connectivity index (χ1n) is 8.16. The molecule has 1 fully saturated rings. The van der Waals surface area contributed by atoms with Gasteiger partial charge in [0.1, 0.15) is 0 Å². The third-order valence-corrected chi connectivity index (χ3v) is 4.16. The average Bonchev–Trinajstić information content (AvgIpc) is 3.17. The van der Waals surface area contributed by atoms with Crippen LogP contribution >= 0.6 is 0 Å². The predicted molar refractivity (Wildman–Crippen MR) is 87.0 cm³/mol. The second-order valence-electron chi connectivity index (χ2n) is 6.40. The molecule has 1 unspecified atom stereocenters. The van der Waals surface area contributed by atoms with Crippen LogP contribution in [-0.2, 0) is 19.9 Å². The van der Waals surface area contributed by atoms with E-state index >= 15 is 0 Å². The first kappa shape index (κ1) is 17.5. The number of rotatable bonds is 7. The van der Waals surface area contributed by atoms with Crippen LogP contribution in [0.3, 0.4) is 0 Å². The van der Waals surface area contributed by atoms with Gasteiger partial charge in [-0.3, -0.25) is 9.48 Å². The van der Waals surface area contributed by atoms with Gasteiger partial charge in [-0.05, 0) is 52.6 Å². The lowest BCUT2D eigenvalue weighted by Gasteiger charge is -2.22. The highest BCUT2D eigenvalue weighted by molar-refractivity contribution is 5.90. The molecule has 2 rings (SSSR count). The molecular weight excluding hydrogens is 296 g/mol. The van der Waals surface area contributed by atoms with E-state index in [4.69, 9.17) is 4.74 Å². The summed E-state index contributed by atoms with van der Waals surface area (Å²) in [5, 5.41) is 10.3. The van der Waals surface area contributed by atoms with Crippen molar-refractivity contribution >= 4 is 17.6 Å². The van der Waals surface area contributed by atoms with Crippen LogP contribution in [0.5, 0.6) is 0 Å². The highest BCUT2D eigenvalue weighted by Gasteiger charge is 2.32. The van der Waals surface area contributed by atoms with Gasteiger partial charge in [0.2, 0.25) is 5.91 Å². The molecule has 1 saturated heterocycles. The summed E-state index contributed by atoms with van der Waals surface area (Å²) in [6.45, 7) is 7.60. The summed E-state index contributed by atoms with van der Waals surface area (Å²) in [6, 6.07) is 0. The van der Waals surface area contributed by atoms with E-state index < -0.39 is 5.54 Å². The normalized spacial score (nSPS) is 18.0. The van der Waals surface area contributed by atoms with Gasteiger partial charge >= 0.3 is 5.97 Å². The van der Waals surface area contributed by atoms with E-state index in [1.54, 1.807) is 33.2 Å². The third-order valence-electron chi connectivity index (χ3n) is 4.16. The average molecular weight is 322 g/mol. The monoisotopic (exact) mass is 322 g/mol. The summed E-state index contributed by atoms with van der Waals surface area (Å²) in [4.78, 5) is 24.0. The number of anilines is 1. The molecule has 1 aliphatic heterocycles. The topological polar surface area (TPSA) is 85.2 Å². The Kier molecular flexibility index (Phi) is 5.76. The van der Waals surface area contributed by atoms with E-state index in [2.05, 4.69) is 15.7 Å². The fraction of sp³-hybridized carbons (Fsp3) is 0.688. The summed E-state index contributed by atoms with van der Waals surface area (Å²) in [7, 11) is 0. The number of ether oxygens (including phenoxy) is 1. The van der Waals surface area contributed by atoms with Gasteiger partial charge < -0.3 is 15.4 Å². The molecule has 1 aromatic heterocycles. The van der Waals surface area contributed by atoms with Crippen LogP contribution in [0.25, 0.3) is 0 Å². The summed E-state index contributed by atoms with van der Waals surface area (Å²) in [6.07, 6.45) is 5.74. The van der Waals surface area contributed by atoms with Crippen molar-refractivity contribution in [2.45, 2.75) is 45.6 Å². The molecule has 0 aliphatic carbocycles.